The van der Waals surface area contributed by atoms with Crippen LogP contribution in [0.15, 0.2) is 42.7 Å². The lowest BCUT2D eigenvalue weighted by molar-refractivity contribution is -0.125. The number of carbonyl (C=O) groups excluding carboxylic acids is 1. The van der Waals surface area contributed by atoms with Crippen molar-refractivity contribution in [3.05, 3.63) is 42.7 Å². The minimum absolute atomic E-state index is 0.0133. The number of rotatable bonds is 3. The first kappa shape index (κ1) is 13.8. The van der Waals surface area contributed by atoms with Crippen molar-refractivity contribution < 1.29 is 4.79 Å². The first-order chi connectivity index (χ1) is 10.1. The van der Waals surface area contributed by atoms with E-state index in [4.69, 9.17) is 5.73 Å². The maximum absolute atomic E-state index is 12.5. The molecule has 1 amide bonds. The number of aromatic nitrogens is 2. The Hall–Kier alpha value is -2.14. The highest BCUT2D eigenvalue weighted by Crippen LogP contribution is 2.37. The molecule has 1 aliphatic rings. The monoisotopic (exact) mass is 284 g/mol. The molecule has 0 spiro atoms. The summed E-state index contributed by atoms with van der Waals surface area (Å²) in [5, 5.41) is 7.15. The van der Waals surface area contributed by atoms with Gasteiger partial charge in [-0.15, -0.1) is 0 Å². The number of carbonyl (C=O) groups is 1. The fraction of sp³-hybridized carbons (Fsp3) is 0.375. The van der Waals surface area contributed by atoms with Crippen LogP contribution in [0, 0.1) is 5.41 Å². The van der Waals surface area contributed by atoms with Crippen LogP contribution in [0.5, 0.6) is 0 Å². The van der Waals surface area contributed by atoms with Crippen LogP contribution in [0.1, 0.15) is 26.2 Å². The van der Waals surface area contributed by atoms with E-state index < -0.39 is 5.41 Å². The van der Waals surface area contributed by atoms with Gasteiger partial charge in [0.1, 0.15) is 0 Å². The van der Waals surface area contributed by atoms with Crippen molar-refractivity contribution in [2.45, 2.75) is 32.2 Å². The van der Waals surface area contributed by atoms with Crippen molar-refractivity contribution >= 4 is 11.6 Å². The molecule has 1 heterocycles. The van der Waals surface area contributed by atoms with E-state index in [9.17, 15) is 4.79 Å². The third-order valence-corrected chi connectivity index (χ3v) is 4.44. The van der Waals surface area contributed by atoms with E-state index >= 15 is 0 Å². The minimum atomic E-state index is -0.458. The molecule has 0 aliphatic heterocycles. The van der Waals surface area contributed by atoms with Crippen LogP contribution in [-0.4, -0.2) is 21.7 Å². The number of hydrogen-bond donors (Lipinski definition) is 2. The molecule has 0 radical (unpaired) electrons. The first-order valence-corrected chi connectivity index (χ1v) is 7.27. The summed E-state index contributed by atoms with van der Waals surface area (Å²) in [6, 6.07) is 9.45. The van der Waals surface area contributed by atoms with Crippen molar-refractivity contribution in [1.29, 1.82) is 0 Å². The van der Waals surface area contributed by atoms with E-state index in [0.717, 1.165) is 30.6 Å². The number of nitrogens with zero attached hydrogens (tertiary/aromatic N) is 2. The molecule has 0 bridgehead atoms. The van der Waals surface area contributed by atoms with Crippen LogP contribution in [0.3, 0.4) is 0 Å². The highest BCUT2D eigenvalue weighted by molar-refractivity contribution is 5.95. The van der Waals surface area contributed by atoms with Gasteiger partial charge in [0.05, 0.1) is 11.1 Å². The van der Waals surface area contributed by atoms with Crippen molar-refractivity contribution in [3.63, 3.8) is 0 Å². The normalized spacial score (nSPS) is 25.0. The lowest BCUT2D eigenvalue weighted by atomic mass is 9.84. The average Bonchev–Trinajstić information content (AvgIpc) is 3.12. The second-order valence-electron chi connectivity index (χ2n) is 5.87. The molecular formula is C16H20N4O. The van der Waals surface area contributed by atoms with Gasteiger partial charge in [-0.1, -0.05) is 6.42 Å². The van der Waals surface area contributed by atoms with E-state index in [1.165, 1.54) is 0 Å². The Morgan fingerprint density at radius 2 is 2.19 bits per heavy atom. The summed E-state index contributed by atoms with van der Waals surface area (Å²) in [4.78, 5) is 12.5. The number of benzene rings is 1. The Morgan fingerprint density at radius 1 is 1.43 bits per heavy atom. The lowest BCUT2D eigenvalue weighted by Crippen LogP contribution is -2.44. The molecule has 21 heavy (non-hydrogen) atoms. The Kier molecular flexibility index (Phi) is 3.51. The fourth-order valence-electron chi connectivity index (χ4n) is 2.87. The SMILES string of the molecule is CC1(C(=O)Nc2ccc(-n3cccn3)cc2)CCCC1N. The van der Waals surface area contributed by atoms with Gasteiger partial charge < -0.3 is 11.1 Å². The van der Waals surface area contributed by atoms with Crippen molar-refractivity contribution in [2.75, 3.05) is 5.32 Å². The van der Waals surface area contributed by atoms with E-state index in [0.29, 0.717) is 0 Å². The van der Waals surface area contributed by atoms with E-state index in [2.05, 4.69) is 10.4 Å². The Bertz CT molecular complexity index is 620. The molecule has 5 nitrogen and oxygen atoms in total. The zero-order valence-electron chi connectivity index (χ0n) is 12.1. The van der Waals surface area contributed by atoms with Gasteiger partial charge >= 0.3 is 0 Å². The largest absolute Gasteiger partial charge is 0.327 e. The van der Waals surface area contributed by atoms with Gasteiger partial charge in [-0.2, -0.15) is 5.10 Å². The Labute approximate surface area is 124 Å². The summed E-state index contributed by atoms with van der Waals surface area (Å²) in [5.41, 5.74) is 7.37. The summed E-state index contributed by atoms with van der Waals surface area (Å²) in [6.07, 6.45) is 6.40. The van der Waals surface area contributed by atoms with Gasteiger partial charge in [0, 0.05) is 24.1 Å². The highest BCUT2D eigenvalue weighted by atomic mass is 16.2. The van der Waals surface area contributed by atoms with Gasteiger partial charge in [-0.05, 0) is 50.1 Å². The van der Waals surface area contributed by atoms with E-state index in [1.54, 1.807) is 10.9 Å². The number of amides is 1. The summed E-state index contributed by atoms with van der Waals surface area (Å²) in [7, 11) is 0. The molecular weight excluding hydrogens is 264 g/mol. The van der Waals surface area contributed by atoms with Crippen molar-refractivity contribution in [3.8, 4) is 5.69 Å². The van der Waals surface area contributed by atoms with E-state index in [-0.39, 0.29) is 11.9 Å². The summed E-state index contributed by atoms with van der Waals surface area (Å²) < 4.78 is 1.78. The molecule has 3 rings (SSSR count). The van der Waals surface area contributed by atoms with Crippen LogP contribution in [-0.2, 0) is 4.79 Å². The Morgan fingerprint density at radius 3 is 2.76 bits per heavy atom. The lowest BCUT2D eigenvalue weighted by Gasteiger charge is -2.27. The van der Waals surface area contributed by atoms with Gasteiger partial charge in [0.2, 0.25) is 5.91 Å². The molecule has 0 saturated heterocycles. The molecule has 3 N–H and O–H groups in total. The molecule has 2 unspecified atom stereocenters. The van der Waals surface area contributed by atoms with Crippen LogP contribution in [0.2, 0.25) is 0 Å². The van der Waals surface area contributed by atoms with Gasteiger partial charge in [-0.25, -0.2) is 4.68 Å². The molecule has 110 valence electrons. The molecule has 1 aliphatic carbocycles. The second kappa shape index (κ2) is 5.33. The Balaban J connectivity index is 1.72. The first-order valence-electron chi connectivity index (χ1n) is 7.27. The van der Waals surface area contributed by atoms with E-state index in [1.807, 2.05) is 43.5 Å². The molecule has 1 saturated carbocycles. The second-order valence-corrected chi connectivity index (χ2v) is 5.87. The predicted molar refractivity (Wildman–Crippen MR) is 82.1 cm³/mol. The third kappa shape index (κ3) is 2.56. The highest BCUT2D eigenvalue weighted by Gasteiger charge is 2.42. The summed E-state index contributed by atoms with van der Waals surface area (Å²) in [5.74, 6) is 0.0133. The molecule has 1 aromatic heterocycles. The quantitative estimate of drug-likeness (QED) is 0.908. The zero-order valence-corrected chi connectivity index (χ0v) is 12.1. The smallest absolute Gasteiger partial charge is 0.231 e. The minimum Gasteiger partial charge on any atom is -0.327 e. The summed E-state index contributed by atoms with van der Waals surface area (Å²) in [6.45, 7) is 1.96. The van der Waals surface area contributed by atoms with Crippen LogP contribution < -0.4 is 11.1 Å². The molecule has 1 aromatic carbocycles. The van der Waals surface area contributed by atoms with Crippen molar-refractivity contribution in [1.82, 2.24) is 9.78 Å². The van der Waals surface area contributed by atoms with Crippen LogP contribution in [0.4, 0.5) is 5.69 Å². The van der Waals surface area contributed by atoms with Gasteiger partial charge in [0.25, 0.3) is 0 Å². The maximum atomic E-state index is 12.5. The maximum Gasteiger partial charge on any atom is 0.231 e. The van der Waals surface area contributed by atoms with Crippen molar-refractivity contribution in [2.24, 2.45) is 11.1 Å². The predicted octanol–water partition coefficient (Wildman–Crippen LogP) is 2.33. The fourth-order valence-corrected chi connectivity index (χ4v) is 2.87. The summed E-state index contributed by atoms with van der Waals surface area (Å²) >= 11 is 0. The molecule has 2 atom stereocenters. The average molecular weight is 284 g/mol. The zero-order chi connectivity index (χ0) is 14.9. The molecule has 5 heteroatoms. The van der Waals surface area contributed by atoms with Crippen LogP contribution >= 0.6 is 0 Å². The number of nitrogens with two attached hydrogens (primary N) is 1. The molecule has 1 fully saturated rings. The number of hydrogen-bond acceptors (Lipinski definition) is 3. The number of nitrogens with one attached hydrogen (secondary N) is 1. The third-order valence-electron chi connectivity index (χ3n) is 4.44. The topological polar surface area (TPSA) is 72.9 Å². The standard InChI is InChI=1S/C16H20N4O/c1-16(9-2-4-14(16)17)15(21)19-12-5-7-13(8-6-12)20-11-3-10-18-20/h3,5-8,10-11,14H,2,4,9,17H2,1H3,(H,19,21). The number of anilines is 1. The van der Waals surface area contributed by atoms with Crippen LogP contribution in [0.25, 0.3) is 5.69 Å². The van der Waals surface area contributed by atoms with Gasteiger partial charge in [-0.3, -0.25) is 4.79 Å². The van der Waals surface area contributed by atoms with Gasteiger partial charge in [0.15, 0.2) is 0 Å². The molecule has 2 aromatic rings.